The summed E-state index contributed by atoms with van der Waals surface area (Å²) in [5, 5.41) is 3.76. The SMILES string of the molecule is CC(NCc1cc(Cl)ccc1OC(F)F)c1ccccc1. The van der Waals surface area contributed by atoms with Crippen molar-refractivity contribution < 1.29 is 13.5 Å². The average Bonchev–Trinajstić information content (AvgIpc) is 2.47. The molecule has 5 heteroatoms. The quantitative estimate of drug-likeness (QED) is 0.828. The molecule has 1 atom stereocenters. The maximum Gasteiger partial charge on any atom is 0.387 e. The van der Waals surface area contributed by atoms with E-state index < -0.39 is 6.61 Å². The number of benzene rings is 2. The molecule has 0 saturated carbocycles. The lowest BCUT2D eigenvalue weighted by atomic mass is 10.1. The molecule has 0 heterocycles. The van der Waals surface area contributed by atoms with E-state index in [4.69, 9.17) is 11.6 Å². The normalized spacial score (nSPS) is 12.4. The number of nitrogens with one attached hydrogen (secondary N) is 1. The first-order valence-electron chi connectivity index (χ1n) is 6.58. The summed E-state index contributed by atoms with van der Waals surface area (Å²) in [6, 6.07) is 14.6. The van der Waals surface area contributed by atoms with Crippen LogP contribution in [0.25, 0.3) is 0 Å². The largest absolute Gasteiger partial charge is 0.434 e. The molecule has 2 aromatic rings. The molecular weight excluding hydrogens is 296 g/mol. The Labute approximate surface area is 127 Å². The number of halogens is 3. The van der Waals surface area contributed by atoms with Crippen molar-refractivity contribution in [1.29, 1.82) is 0 Å². The van der Waals surface area contributed by atoms with Crippen LogP contribution in [0, 0.1) is 0 Å². The molecule has 2 rings (SSSR count). The minimum absolute atomic E-state index is 0.0876. The Morgan fingerprint density at radius 3 is 2.52 bits per heavy atom. The van der Waals surface area contributed by atoms with Gasteiger partial charge in [-0.25, -0.2) is 0 Å². The summed E-state index contributed by atoms with van der Waals surface area (Å²) >= 11 is 5.91. The summed E-state index contributed by atoms with van der Waals surface area (Å²) in [5.41, 5.74) is 1.72. The summed E-state index contributed by atoms with van der Waals surface area (Å²) in [7, 11) is 0. The Bertz CT molecular complexity index is 578. The Balaban J connectivity index is 2.07. The molecule has 0 amide bonds. The molecule has 21 heavy (non-hydrogen) atoms. The maximum absolute atomic E-state index is 12.4. The fraction of sp³-hybridized carbons (Fsp3) is 0.250. The molecule has 112 valence electrons. The summed E-state index contributed by atoms with van der Waals surface area (Å²) in [5.74, 6) is 0.141. The third-order valence-electron chi connectivity index (χ3n) is 3.14. The van der Waals surface area contributed by atoms with Crippen LogP contribution in [0.5, 0.6) is 5.75 Å². The highest BCUT2D eigenvalue weighted by Crippen LogP contribution is 2.25. The van der Waals surface area contributed by atoms with E-state index >= 15 is 0 Å². The van der Waals surface area contributed by atoms with Gasteiger partial charge in [0.1, 0.15) is 5.75 Å². The van der Waals surface area contributed by atoms with E-state index in [9.17, 15) is 8.78 Å². The topological polar surface area (TPSA) is 21.3 Å². The Morgan fingerprint density at radius 1 is 1.14 bits per heavy atom. The van der Waals surface area contributed by atoms with Gasteiger partial charge in [-0.3, -0.25) is 0 Å². The van der Waals surface area contributed by atoms with Crippen molar-refractivity contribution in [3.05, 3.63) is 64.7 Å². The summed E-state index contributed by atoms with van der Waals surface area (Å²) in [4.78, 5) is 0. The number of alkyl halides is 2. The van der Waals surface area contributed by atoms with Crippen molar-refractivity contribution in [1.82, 2.24) is 5.32 Å². The Morgan fingerprint density at radius 2 is 1.86 bits per heavy atom. The van der Waals surface area contributed by atoms with Gasteiger partial charge >= 0.3 is 6.61 Å². The molecule has 0 aliphatic carbocycles. The summed E-state index contributed by atoms with van der Waals surface area (Å²) in [6.45, 7) is -0.455. The van der Waals surface area contributed by atoms with E-state index in [0.717, 1.165) is 5.56 Å². The monoisotopic (exact) mass is 311 g/mol. The van der Waals surface area contributed by atoms with Crippen LogP contribution < -0.4 is 10.1 Å². The molecule has 2 nitrogen and oxygen atoms in total. The van der Waals surface area contributed by atoms with Gasteiger partial charge in [-0.05, 0) is 30.7 Å². The molecule has 1 unspecified atom stereocenters. The zero-order chi connectivity index (χ0) is 15.2. The second-order valence-corrected chi connectivity index (χ2v) is 5.08. The van der Waals surface area contributed by atoms with E-state index in [0.29, 0.717) is 17.1 Å². The van der Waals surface area contributed by atoms with Crippen LogP contribution in [0.4, 0.5) is 8.78 Å². The predicted molar refractivity (Wildman–Crippen MR) is 79.8 cm³/mol. The third-order valence-corrected chi connectivity index (χ3v) is 3.37. The van der Waals surface area contributed by atoms with E-state index in [1.165, 1.54) is 12.1 Å². The molecule has 0 aliphatic rings. The smallest absolute Gasteiger partial charge is 0.387 e. The first kappa shape index (κ1) is 15.7. The van der Waals surface area contributed by atoms with Crippen molar-refractivity contribution in [2.45, 2.75) is 26.1 Å². The lowest BCUT2D eigenvalue weighted by Crippen LogP contribution is -2.19. The van der Waals surface area contributed by atoms with Gasteiger partial charge in [-0.1, -0.05) is 41.9 Å². The minimum Gasteiger partial charge on any atom is -0.434 e. The maximum atomic E-state index is 12.4. The molecular formula is C16H16ClF2NO. The van der Waals surface area contributed by atoms with E-state index in [1.54, 1.807) is 6.07 Å². The number of hydrogen-bond donors (Lipinski definition) is 1. The van der Waals surface area contributed by atoms with Crippen molar-refractivity contribution in [2.75, 3.05) is 0 Å². The molecule has 2 aromatic carbocycles. The van der Waals surface area contributed by atoms with Gasteiger partial charge in [0.25, 0.3) is 0 Å². The number of rotatable bonds is 6. The lowest BCUT2D eigenvalue weighted by Gasteiger charge is -2.16. The van der Waals surface area contributed by atoms with Crippen molar-refractivity contribution in [2.24, 2.45) is 0 Å². The molecule has 0 aliphatic heterocycles. The van der Waals surface area contributed by atoms with Crippen molar-refractivity contribution in [3.63, 3.8) is 0 Å². The highest BCUT2D eigenvalue weighted by Gasteiger charge is 2.11. The zero-order valence-electron chi connectivity index (χ0n) is 11.5. The molecule has 0 bridgehead atoms. The van der Waals surface area contributed by atoms with Gasteiger partial charge in [-0.15, -0.1) is 0 Å². The molecule has 1 N–H and O–H groups in total. The number of hydrogen-bond acceptors (Lipinski definition) is 2. The van der Waals surface area contributed by atoms with Crippen LogP contribution in [0.3, 0.4) is 0 Å². The number of ether oxygens (including phenoxy) is 1. The minimum atomic E-state index is -2.85. The predicted octanol–water partition coefficient (Wildman–Crippen LogP) is 4.79. The second kappa shape index (κ2) is 7.38. The fourth-order valence-electron chi connectivity index (χ4n) is 2.02. The van der Waals surface area contributed by atoms with Gasteiger partial charge < -0.3 is 10.1 Å². The fourth-order valence-corrected chi connectivity index (χ4v) is 2.21. The van der Waals surface area contributed by atoms with Crippen LogP contribution in [0.2, 0.25) is 5.02 Å². The highest BCUT2D eigenvalue weighted by atomic mass is 35.5. The van der Waals surface area contributed by atoms with E-state index in [1.807, 2.05) is 37.3 Å². The second-order valence-electron chi connectivity index (χ2n) is 4.64. The van der Waals surface area contributed by atoms with Crippen LogP contribution >= 0.6 is 11.6 Å². The van der Waals surface area contributed by atoms with E-state index in [-0.39, 0.29) is 11.8 Å². The Hall–Kier alpha value is -1.65. The lowest BCUT2D eigenvalue weighted by molar-refractivity contribution is -0.0505. The first-order chi connectivity index (χ1) is 10.1. The van der Waals surface area contributed by atoms with Crippen LogP contribution in [0.15, 0.2) is 48.5 Å². The Kier molecular flexibility index (Phi) is 5.53. The van der Waals surface area contributed by atoms with Crippen LogP contribution in [0.1, 0.15) is 24.1 Å². The molecule has 0 aromatic heterocycles. The highest BCUT2D eigenvalue weighted by molar-refractivity contribution is 6.30. The van der Waals surface area contributed by atoms with Gasteiger partial charge in [-0.2, -0.15) is 8.78 Å². The first-order valence-corrected chi connectivity index (χ1v) is 6.95. The van der Waals surface area contributed by atoms with Gasteiger partial charge in [0, 0.05) is 23.2 Å². The standard InChI is InChI=1S/C16H16ClF2NO/c1-11(12-5-3-2-4-6-12)20-10-13-9-14(17)7-8-15(13)21-16(18)19/h2-9,11,16,20H,10H2,1H3. The van der Waals surface area contributed by atoms with E-state index in [2.05, 4.69) is 10.1 Å². The van der Waals surface area contributed by atoms with Crippen molar-refractivity contribution >= 4 is 11.6 Å². The molecule has 0 saturated heterocycles. The zero-order valence-corrected chi connectivity index (χ0v) is 12.3. The van der Waals surface area contributed by atoms with Crippen molar-refractivity contribution in [3.8, 4) is 5.75 Å². The molecule has 0 radical (unpaired) electrons. The molecule has 0 spiro atoms. The third kappa shape index (κ3) is 4.69. The molecule has 0 fully saturated rings. The summed E-state index contributed by atoms with van der Waals surface area (Å²) < 4.78 is 29.3. The van der Waals surface area contributed by atoms with Crippen LogP contribution in [-0.4, -0.2) is 6.61 Å². The average molecular weight is 312 g/mol. The van der Waals surface area contributed by atoms with Crippen LogP contribution in [-0.2, 0) is 6.54 Å². The summed E-state index contributed by atoms with van der Waals surface area (Å²) in [6.07, 6.45) is 0. The van der Waals surface area contributed by atoms with Gasteiger partial charge in [0.2, 0.25) is 0 Å². The van der Waals surface area contributed by atoms with Gasteiger partial charge in [0.05, 0.1) is 0 Å². The van der Waals surface area contributed by atoms with Gasteiger partial charge in [0.15, 0.2) is 0 Å².